The lowest BCUT2D eigenvalue weighted by Crippen LogP contribution is -2.19. The summed E-state index contributed by atoms with van der Waals surface area (Å²) >= 11 is 1.36. The van der Waals surface area contributed by atoms with Gasteiger partial charge in [0.1, 0.15) is 5.03 Å². The van der Waals surface area contributed by atoms with Crippen LogP contribution in [0.25, 0.3) is 0 Å². The van der Waals surface area contributed by atoms with Gasteiger partial charge < -0.3 is 10.3 Å². The van der Waals surface area contributed by atoms with Crippen molar-refractivity contribution < 1.29 is 0 Å². The molecule has 0 fully saturated rings. The van der Waals surface area contributed by atoms with E-state index in [9.17, 15) is 4.79 Å². The summed E-state index contributed by atoms with van der Waals surface area (Å²) in [5.41, 5.74) is 1.72. The van der Waals surface area contributed by atoms with Gasteiger partial charge in [-0.25, -0.2) is 9.97 Å². The van der Waals surface area contributed by atoms with Crippen LogP contribution < -0.4 is 10.9 Å². The molecule has 0 amide bonds. The molecule has 112 valence electrons. The third-order valence-corrected chi connectivity index (χ3v) is 3.85. The van der Waals surface area contributed by atoms with E-state index in [2.05, 4.69) is 40.2 Å². The lowest BCUT2D eigenvalue weighted by Gasteiger charge is -2.13. The van der Waals surface area contributed by atoms with E-state index in [1.807, 2.05) is 12.3 Å². The molecule has 0 spiro atoms. The summed E-state index contributed by atoms with van der Waals surface area (Å²) in [4.78, 5) is 22.8. The molecular formula is C15H20N4OS. The van der Waals surface area contributed by atoms with Crippen molar-refractivity contribution in [2.45, 2.75) is 43.4 Å². The maximum atomic E-state index is 11.4. The van der Waals surface area contributed by atoms with E-state index in [-0.39, 0.29) is 11.6 Å². The summed E-state index contributed by atoms with van der Waals surface area (Å²) in [5, 5.41) is 4.81. The zero-order valence-electron chi connectivity index (χ0n) is 12.5. The molecule has 0 aliphatic rings. The Balaban J connectivity index is 2.06. The van der Waals surface area contributed by atoms with Crippen molar-refractivity contribution in [2.24, 2.45) is 0 Å². The van der Waals surface area contributed by atoms with Crippen LogP contribution in [0.3, 0.4) is 0 Å². The van der Waals surface area contributed by atoms with Gasteiger partial charge in [0, 0.05) is 24.0 Å². The molecule has 2 aromatic rings. The van der Waals surface area contributed by atoms with Gasteiger partial charge in [0.05, 0.1) is 0 Å². The van der Waals surface area contributed by atoms with Gasteiger partial charge in [-0.1, -0.05) is 13.0 Å². The summed E-state index contributed by atoms with van der Waals surface area (Å²) < 4.78 is 0. The van der Waals surface area contributed by atoms with Gasteiger partial charge in [0.25, 0.3) is 5.56 Å². The molecule has 2 heterocycles. The van der Waals surface area contributed by atoms with Crippen molar-refractivity contribution in [1.29, 1.82) is 0 Å². The van der Waals surface area contributed by atoms with Crippen molar-refractivity contribution in [3.05, 3.63) is 46.0 Å². The van der Waals surface area contributed by atoms with Crippen LogP contribution in [0.15, 0.2) is 39.4 Å². The number of aryl methyl sites for hydroxylation is 1. The number of nitrogens with zero attached hydrogens (tertiary/aromatic N) is 2. The number of H-pyrrole nitrogens is 1. The Morgan fingerprint density at radius 1 is 1.43 bits per heavy atom. The van der Waals surface area contributed by atoms with Crippen molar-refractivity contribution in [2.75, 3.05) is 6.54 Å². The second-order valence-electron chi connectivity index (χ2n) is 4.90. The molecule has 0 bridgehead atoms. The number of nitrogens with one attached hydrogen (secondary N) is 2. The fourth-order valence-corrected chi connectivity index (χ4v) is 2.67. The van der Waals surface area contributed by atoms with Gasteiger partial charge >= 0.3 is 0 Å². The first-order valence-corrected chi connectivity index (χ1v) is 7.85. The molecular weight excluding hydrogens is 284 g/mol. The van der Waals surface area contributed by atoms with Crippen molar-refractivity contribution in [3.8, 4) is 0 Å². The van der Waals surface area contributed by atoms with E-state index in [0.29, 0.717) is 10.9 Å². The van der Waals surface area contributed by atoms with E-state index in [0.717, 1.165) is 23.6 Å². The highest BCUT2D eigenvalue weighted by molar-refractivity contribution is 7.99. The zero-order valence-corrected chi connectivity index (χ0v) is 13.3. The van der Waals surface area contributed by atoms with Crippen LogP contribution in [0.1, 0.15) is 37.6 Å². The van der Waals surface area contributed by atoms with Crippen LogP contribution in [-0.4, -0.2) is 21.5 Å². The molecule has 1 unspecified atom stereocenters. The molecule has 2 rings (SSSR count). The first-order valence-electron chi connectivity index (χ1n) is 7.03. The van der Waals surface area contributed by atoms with E-state index in [4.69, 9.17) is 0 Å². The molecule has 0 radical (unpaired) electrons. The van der Waals surface area contributed by atoms with Crippen LogP contribution in [0.4, 0.5) is 0 Å². The van der Waals surface area contributed by atoms with Crippen molar-refractivity contribution in [1.82, 2.24) is 20.3 Å². The summed E-state index contributed by atoms with van der Waals surface area (Å²) in [6.07, 6.45) is 2.97. The minimum atomic E-state index is -0.140. The highest BCUT2D eigenvalue weighted by Gasteiger charge is 2.06. The number of hydrogen-bond donors (Lipinski definition) is 2. The molecule has 5 nitrogen and oxygen atoms in total. The van der Waals surface area contributed by atoms with E-state index in [1.165, 1.54) is 17.8 Å². The monoisotopic (exact) mass is 304 g/mol. The highest BCUT2D eigenvalue weighted by Crippen LogP contribution is 2.23. The van der Waals surface area contributed by atoms with Gasteiger partial charge in [0.15, 0.2) is 5.16 Å². The maximum absolute atomic E-state index is 11.4. The summed E-state index contributed by atoms with van der Waals surface area (Å²) in [6, 6.07) is 5.76. The predicted molar refractivity (Wildman–Crippen MR) is 84.7 cm³/mol. The quantitative estimate of drug-likeness (QED) is 0.803. The van der Waals surface area contributed by atoms with Crippen LogP contribution >= 0.6 is 11.8 Å². The summed E-state index contributed by atoms with van der Waals surface area (Å²) in [5.74, 6) is 0. The van der Waals surface area contributed by atoms with Gasteiger partial charge in [-0.05, 0) is 50.2 Å². The lowest BCUT2D eigenvalue weighted by molar-refractivity contribution is 0.568. The first-order chi connectivity index (χ1) is 10.1. The Labute approximate surface area is 128 Å². The standard InChI is InChI=1S/C15H20N4OS/c1-4-7-16-11(3)12-5-6-14(17-9-12)21-15-18-10(2)8-13(20)19-15/h5-6,8-9,11,16H,4,7H2,1-3H3,(H,18,19,20). The number of rotatable bonds is 6. The molecule has 21 heavy (non-hydrogen) atoms. The Bertz CT molecular complexity index is 639. The first kappa shape index (κ1) is 15.7. The zero-order chi connectivity index (χ0) is 15.2. The van der Waals surface area contributed by atoms with Crippen LogP contribution in [0.5, 0.6) is 0 Å². The fourth-order valence-electron chi connectivity index (χ4n) is 1.89. The minimum Gasteiger partial charge on any atom is -0.310 e. The SMILES string of the molecule is CCCNC(C)c1ccc(Sc2nc(C)cc(=O)[nH]2)nc1. The molecule has 1 atom stereocenters. The molecule has 0 aliphatic carbocycles. The van der Waals surface area contributed by atoms with Crippen molar-refractivity contribution >= 4 is 11.8 Å². The second kappa shape index (κ2) is 7.38. The lowest BCUT2D eigenvalue weighted by atomic mass is 10.1. The van der Waals surface area contributed by atoms with Gasteiger partial charge in [-0.3, -0.25) is 4.79 Å². The smallest absolute Gasteiger partial charge is 0.251 e. The van der Waals surface area contributed by atoms with Crippen molar-refractivity contribution in [3.63, 3.8) is 0 Å². The molecule has 0 saturated carbocycles. The topological polar surface area (TPSA) is 70.7 Å². The number of pyridine rings is 1. The second-order valence-corrected chi connectivity index (χ2v) is 5.91. The minimum absolute atomic E-state index is 0.140. The van der Waals surface area contributed by atoms with E-state index < -0.39 is 0 Å². The Kier molecular flexibility index (Phi) is 5.52. The molecule has 0 aromatic carbocycles. The van der Waals surface area contributed by atoms with Gasteiger partial charge in [0.2, 0.25) is 0 Å². The largest absolute Gasteiger partial charge is 0.310 e. The predicted octanol–water partition coefficient (Wildman–Crippen LogP) is 2.69. The van der Waals surface area contributed by atoms with Crippen LogP contribution in [-0.2, 0) is 0 Å². The third-order valence-electron chi connectivity index (χ3n) is 3.01. The number of aromatic amines is 1. The Hall–Kier alpha value is -1.66. The Morgan fingerprint density at radius 3 is 2.86 bits per heavy atom. The molecule has 0 saturated heterocycles. The maximum Gasteiger partial charge on any atom is 0.251 e. The summed E-state index contributed by atoms with van der Waals surface area (Å²) in [6.45, 7) is 7.06. The molecule has 2 N–H and O–H groups in total. The third kappa shape index (κ3) is 4.68. The van der Waals surface area contributed by atoms with Crippen LogP contribution in [0.2, 0.25) is 0 Å². The van der Waals surface area contributed by atoms with Crippen LogP contribution in [0, 0.1) is 6.92 Å². The average molecular weight is 304 g/mol. The average Bonchev–Trinajstić information content (AvgIpc) is 2.44. The van der Waals surface area contributed by atoms with E-state index in [1.54, 1.807) is 6.92 Å². The number of hydrogen-bond acceptors (Lipinski definition) is 5. The van der Waals surface area contributed by atoms with Gasteiger partial charge in [-0.15, -0.1) is 0 Å². The van der Waals surface area contributed by atoms with E-state index >= 15 is 0 Å². The Morgan fingerprint density at radius 2 is 2.24 bits per heavy atom. The highest BCUT2D eigenvalue weighted by atomic mass is 32.2. The van der Waals surface area contributed by atoms with Gasteiger partial charge in [-0.2, -0.15) is 0 Å². The fraction of sp³-hybridized carbons (Fsp3) is 0.400. The number of aromatic nitrogens is 3. The molecule has 0 aliphatic heterocycles. The molecule has 2 aromatic heterocycles. The molecule has 6 heteroatoms. The normalized spacial score (nSPS) is 12.3. The summed E-state index contributed by atoms with van der Waals surface area (Å²) in [7, 11) is 0.